The van der Waals surface area contributed by atoms with Crippen LogP contribution in [0, 0.1) is 19.8 Å². The second-order valence-electron chi connectivity index (χ2n) is 5.91. The fraction of sp³-hybridized carbons (Fsp3) is 0.625. The number of guanidine groups is 1. The molecule has 2 heterocycles. The summed E-state index contributed by atoms with van der Waals surface area (Å²) in [6.07, 6.45) is 4.29. The van der Waals surface area contributed by atoms with E-state index in [0.29, 0.717) is 18.4 Å². The van der Waals surface area contributed by atoms with Gasteiger partial charge in [0.1, 0.15) is 5.75 Å². The van der Waals surface area contributed by atoms with E-state index >= 15 is 0 Å². The molecule has 0 aliphatic carbocycles. The summed E-state index contributed by atoms with van der Waals surface area (Å²) in [7, 11) is 1.69. The Morgan fingerprint density at radius 2 is 2.23 bits per heavy atom. The molecular weight excluding hydrogens is 391 g/mol. The summed E-state index contributed by atoms with van der Waals surface area (Å²) in [4.78, 5) is 11.2. The lowest BCUT2D eigenvalue weighted by Crippen LogP contribution is -2.43. The van der Waals surface area contributed by atoms with Crippen molar-refractivity contribution in [3.63, 3.8) is 0 Å². The summed E-state index contributed by atoms with van der Waals surface area (Å²) in [6, 6.07) is 0. The Hall–Kier alpha value is -1.05. The van der Waals surface area contributed by atoms with Crippen LogP contribution in [0.25, 0.3) is 0 Å². The quantitative estimate of drug-likeness (QED) is 0.466. The second-order valence-corrected chi connectivity index (χ2v) is 5.91. The molecule has 5 nitrogen and oxygen atoms in total. The largest absolute Gasteiger partial charge is 0.496 e. The van der Waals surface area contributed by atoms with Gasteiger partial charge in [-0.25, -0.2) is 4.99 Å². The molecule has 2 N–H and O–H groups in total. The van der Waals surface area contributed by atoms with Crippen LogP contribution in [0.5, 0.6) is 5.75 Å². The SMILES string of the molecule is COc1c(C)cnc(CN=C(N)N2CCCC(C)C2)c1C.I. The van der Waals surface area contributed by atoms with E-state index in [0.717, 1.165) is 35.7 Å². The van der Waals surface area contributed by atoms with Crippen molar-refractivity contribution in [2.24, 2.45) is 16.6 Å². The molecule has 6 heteroatoms. The molecule has 0 amide bonds. The molecule has 0 radical (unpaired) electrons. The Labute approximate surface area is 150 Å². The summed E-state index contributed by atoms with van der Waals surface area (Å²) < 4.78 is 5.42. The average Bonchev–Trinajstić information content (AvgIpc) is 2.46. The van der Waals surface area contributed by atoms with Crippen LogP contribution in [0.4, 0.5) is 0 Å². The van der Waals surface area contributed by atoms with Crippen molar-refractivity contribution in [3.8, 4) is 5.75 Å². The molecule has 22 heavy (non-hydrogen) atoms. The van der Waals surface area contributed by atoms with Crippen LogP contribution in [0.2, 0.25) is 0 Å². The van der Waals surface area contributed by atoms with Gasteiger partial charge in [0.25, 0.3) is 0 Å². The number of rotatable bonds is 3. The van der Waals surface area contributed by atoms with Crippen LogP contribution in [0.3, 0.4) is 0 Å². The fourth-order valence-corrected chi connectivity index (χ4v) is 2.88. The maximum atomic E-state index is 6.13. The Morgan fingerprint density at radius 3 is 2.86 bits per heavy atom. The third kappa shape index (κ3) is 4.47. The molecule has 1 saturated heterocycles. The molecule has 124 valence electrons. The molecule has 0 bridgehead atoms. The highest BCUT2D eigenvalue weighted by molar-refractivity contribution is 14.0. The molecule has 1 aromatic heterocycles. The fourth-order valence-electron chi connectivity index (χ4n) is 2.88. The van der Waals surface area contributed by atoms with Crippen LogP contribution >= 0.6 is 24.0 Å². The van der Waals surface area contributed by atoms with Crippen LogP contribution < -0.4 is 10.5 Å². The molecule has 1 atom stereocenters. The summed E-state index contributed by atoms with van der Waals surface area (Å²) in [5.41, 5.74) is 9.13. The highest BCUT2D eigenvalue weighted by Crippen LogP contribution is 2.24. The first-order valence-corrected chi connectivity index (χ1v) is 7.56. The van der Waals surface area contributed by atoms with Crippen LogP contribution in [0.1, 0.15) is 36.6 Å². The number of aromatic nitrogens is 1. The minimum Gasteiger partial charge on any atom is -0.496 e. The lowest BCUT2D eigenvalue weighted by atomic mass is 10.0. The van der Waals surface area contributed by atoms with Crippen molar-refractivity contribution >= 4 is 29.9 Å². The Morgan fingerprint density at radius 1 is 1.50 bits per heavy atom. The van der Waals surface area contributed by atoms with E-state index in [4.69, 9.17) is 10.5 Å². The lowest BCUT2D eigenvalue weighted by Gasteiger charge is -2.31. The summed E-state index contributed by atoms with van der Waals surface area (Å²) in [5, 5.41) is 0. The number of methoxy groups -OCH3 is 1. The molecule has 0 spiro atoms. The van der Waals surface area contributed by atoms with Gasteiger partial charge >= 0.3 is 0 Å². The summed E-state index contributed by atoms with van der Waals surface area (Å²) in [6.45, 7) is 8.77. The van der Waals surface area contributed by atoms with E-state index in [-0.39, 0.29) is 24.0 Å². The van der Waals surface area contributed by atoms with Gasteiger partial charge in [-0.05, 0) is 32.6 Å². The van der Waals surface area contributed by atoms with Gasteiger partial charge in [-0.3, -0.25) is 4.98 Å². The average molecular weight is 418 g/mol. The van der Waals surface area contributed by atoms with Gasteiger partial charge in [-0.15, -0.1) is 24.0 Å². The van der Waals surface area contributed by atoms with Crippen LogP contribution in [-0.2, 0) is 6.54 Å². The van der Waals surface area contributed by atoms with E-state index < -0.39 is 0 Å². The van der Waals surface area contributed by atoms with Crippen molar-refractivity contribution in [1.82, 2.24) is 9.88 Å². The van der Waals surface area contributed by atoms with Crippen molar-refractivity contribution < 1.29 is 4.74 Å². The Kier molecular flexibility index (Phi) is 7.38. The number of ether oxygens (including phenoxy) is 1. The van der Waals surface area contributed by atoms with Gasteiger partial charge in [0.15, 0.2) is 5.96 Å². The second kappa shape index (κ2) is 8.55. The van der Waals surface area contributed by atoms with E-state index in [9.17, 15) is 0 Å². The smallest absolute Gasteiger partial charge is 0.191 e. The van der Waals surface area contributed by atoms with E-state index in [2.05, 4.69) is 21.8 Å². The molecule has 1 aromatic rings. The monoisotopic (exact) mass is 418 g/mol. The van der Waals surface area contributed by atoms with Gasteiger partial charge < -0.3 is 15.4 Å². The Balaban J connectivity index is 0.00000242. The lowest BCUT2D eigenvalue weighted by molar-refractivity contribution is 0.270. The highest BCUT2D eigenvalue weighted by Gasteiger charge is 2.17. The number of aryl methyl sites for hydroxylation is 1. The minimum atomic E-state index is 0. The number of nitrogens with two attached hydrogens (primary N) is 1. The molecular formula is C16H27IN4O. The van der Waals surface area contributed by atoms with Crippen molar-refractivity contribution in [2.45, 2.75) is 40.2 Å². The first kappa shape index (κ1) is 19.0. The number of nitrogens with zero attached hydrogens (tertiary/aromatic N) is 3. The van der Waals surface area contributed by atoms with Gasteiger partial charge in [0.05, 0.1) is 19.3 Å². The normalized spacial score (nSPS) is 18.8. The zero-order chi connectivity index (χ0) is 15.4. The molecule has 1 aliphatic heterocycles. The predicted octanol–water partition coefficient (Wildman–Crippen LogP) is 2.87. The number of aliphatic imine (C=N–C) groups is 1. The molecule has 2 rings (SSSR count). The first-order valence-electron chi connectivity index (χ1n) is 7.56. The number of pyridine rings is 1. The zero-order valence-corrected chi connectivity index (χ0v) is 16.3. The first-order chi connectivity index (χ1) is 10.0. The molecule has 1 aliphatic rings. The van der Waals surface area contributed by atoms with Gasteiger partial charge in [-0.1, -0.05) is 6.92 Å². The van der Waals surface area contributed by atoms with E-state index in [1.54, 1.807) is 7.11 Å². The van der Waals surface area contributed by atoms with Crippen molar-refractivity contribution in [2.75, 3.05) is 20.2 Å². The number of hydrogen-bond donors (Lipinski definition) is 1. The maximum Gasteiger partial charge on any atom is 0.191 e. The molecule has 1 unspecified atom stereocenters. The predicted molar refractivity (Wildman–Crippen MR) is 101 cm³/mol. The molecule has 0 aromatic carbocycles. The minimum absolute atomic E-state index is 0. The van der Waals surface area contributed by atoms with Crippen molar-refractivity contribution in [1.29, 1.82) is 0 Å². The van der Waals surface area contributed by atoms with Gasteiger partial charge in [-0.2, -0.15) is 0 Å². The Bertz CT molecular complexity index is 533. The van der Waals surface area contributed by atoms with Crippen LogP contribution in [-0.4, -0.2) is 36.0 Å². The summed E-state index contributed by atoms with van der Waals surface area (Å²) >= 11 is 0. The van der Waals surface area contributed by atoms with Crippen LogP contribution in [0.15, 0.2) is 11.2 Å². The van der Waals surface area contributed by atoms with Crippen molar-refractivity contribution in [3.05, 3.63) is 23.0 Å². The molecule has 1 fully saturated rings. The number of halogens is 1. The number of piperidine rings is 1. The standard InChI is InChI=1S/C16H26N4O.HI/c1-11-6-5-7-20(10-11)16(17)19-9-14-13(3)15(21-4)12(2)8-18-14;/h8,11H,5-7,9-10H2,1-4H3,(H2,17,19);1H. The van der Waals surface area contributed by atoms with Gasteiger partial charge in [0.2, 0.25) is 0 Å². The van der Waals surface area contributed by atoms with Gasteiger partial charge in [0, 0.05) is 30.4 Å². The number of hydrogen-bond acceptors (Lipinski definition) is 3. The summed E-state index contributed by atoms with van der Waals surface area (Å²) in [5.74, 6) is 2.20. The van der Waals surface area contributed by atoms with E-state index in [1.807, 2.05) is 20.0 Å². The topological polar surface area (TPSA) is 63.7 Å². The third-order valence-electron chi connectivity index (χ3n) is 4.12. The highest BCUT2D eigenvalue weighted by atomic mass is 127. The third-order valence-corrected chi connectivity index (χ3v) is 4.12. The molecule has 0 saturated carbocycles. The maximum absolute atomic E-state index is 6.13. The zero-order valence-electron chi connectivity index (χ0n) is 13.9. The number of likely N-dealkylation sites (tertiary alicyclic amines) is 1. The van der Waals surface area contributed by atoms with E-state index in [1.165, 1.54) is 12.8 Å².